The fourth-order valence-corrected chi connectivity index (χ4v) is 3.70. The molecule has 3 aliphatic rings. The first-order chi connectivity index (χ1) is 12.5. The molecule has 4 atom stereocenters. The van der Waals surface area contributed by atoms with Gasteiger partial charge in [-0.3, -0.25) is 9.53 Å². The number of ether oxygens (including phenoxy) is 6. The smallest absolute Gasteiger partial charge is 0.334 e. The molecule has 3 fully saturated rings. The van der Waals surface area contributed by atoms with Gasteiger partial charge in [-0.1, -0.05) is 0 Å². The molecule has 2 bridgehead atoms. The summed E-state index contributed by atoms with van der Waals surface area (Å²) in [6.07, 6.45) is -3.07. The molecule has 0 aliphatic carbocycles. The second-order valence-electron chi connectivity index (χ2n) is 8.11. The Morgan fingerprint density at radius 2 is 1.78 bits per heavy atom. The molecule has 0 spiro atoms. The van der Waals surface area contributed by atoms with Crippen LogP contribution >= 0.6 is 0 Å². The Kier molecular flexibility index (Phi) is 5.80. The predicted molar refractivity (Wildman–Crippen MR) is 87.7 cm³/mol. The summed E-state index contributed by atoms with van der Waals surface area (Å²) in [6, 6.07) is 0. The van der Waals surface area contributed by atoms with Crippen molar-refractivity contribution in [3.05, 3.63) is 0 Å². The third-order valence-corrected chi connectivity index (χ3v) is 4.69. The lowest BCUT2D eigenvalue weighted by Gasteiger charge is -2.39. The maximum absolute atomic E-state index is 12.2. The number of esters is 1. The van der Waals surface area contributed by atoms with Crippen molar-refractivity contribution >= 4 is 5.97 Å². The van der Waals surface area contributed by atoms with E-state index in [2.05, 4.69) is 0 Å². The van der Waals surface area contributed by atoms with Crippen LogP contribution in [0, 0.1) is 0 Å². The molecule has 27 heavy (non-hydrogen) atoms. The highest BCUT2D eigenvalue weighted by Gasteiger charge is 2.62. The standard InChI is InChI=1S/C18H28F2O7/c1-16(2)22-10-12(24-16)15-11-9-18(26-15,27-17(3,4)23-11)25-14(21)8-6-5-7-13(19)20/h11-13,15H,5-10H2,1-4H3/t11-,12?,15+,18-/m1/s1. The van der Waals surface area contributed by atoms with Crippen molar-refractivity contribution in [1.29, 1.82) is 0 Å². The first-order valence-corrected chi connectivity index (χ1v) is 9.37. The van der Waals surface area contributed by atoms with Gasteiger partial charge in [-0.05, 0) is 40.5 Å². The van der Waals surface area contributed by atoms with Crippen LogP contribution in [-0.4, -0.2) is 54.9 Å². The van der Waals surface area contributed by atoms with E-state index in [4.69, 9.17) is 28.4 Å². The number of alkyl halides is 2. The lowest BCUT2D eigenvalue weighted by atomic mass is 10.1. The maximum Gasteiger partial charge on any atom is 0.334 e. The predicted octanol–water partition coefficient (Wildman–Crippen LogP) is 3.10. The van der Waals surface area contributed by atoms with Crippen molar-refractivity contribution in [1.82, 2.24) is 0 Å². The molecule has 9 heteroatoms. The summed E-state index contributed by atoms with van der Waals surface area (Å²) < 4.78 is 59.1. The number of hydrogen-bond donors (Lipinski definition) is 0. The summed E-state index contributed by atoms with van der Waals surface area (Å²) in [4.78, 5) is 12.2. The Labute approximate surface area is 157 Å². The number of halogens is 2. The molecule has 0 radical (unpaired) electrons. The van der Waals surface area contributed by atoms with Crippen molar-refractivity contribution in [2.24, 2.45) is 0 Å². The first kappa shape index (κ1) is 20.9. The third-order valence-electron chi connectivity index (χ3n) is 4.69. The van der Waals surface area contributed by atoms with E-state index in [0.717, 1.165) is 0 Å². The number of fused-ring (bicyclic) bond motifs is 2. The van der Waals surface area contributed by atoms with Gasteiger partial charge < -0.3 is 23.7 Å². The Morgan fingerprint density at radius 3 is 2.41 bits per heavy atom. The minimum absolute atomic E-state index is 0.0217. The molecular weight excluding hydrogens is 366 g/mol. The molecule has 156 valence electrons. The van der Waals surface area contributed by atoms with Gasteiger partial charge in [0.2, 0.25) is 6.43 Å². The number of rotatable bonds is 7. The molecule has 3 rings (SSSR count). The Bertz CT molecular complexity index is 554. The minimum Gasteiger partial charge on any atom is -0.407 e. The van der Waals surface area contributed by atoms with Crippen LogP contribution in [0.25, 0.3) is 0 Å². The highest BCUT2D eigenvalue weighted by molar-refractivity contribution is 5.69. The highest BCUT2D eigenvalue weighted by Crippen LogP contribution is 2.47. The largest absolute Gasteiger partial charge is 0.407 e. The summed E-state index contributed by atoms with van der Waals surface area (Å²) in [7, 11) is 0. The van der Waals surface area contributed by atoms with Gasteiger partial charge in [-0.2, -0.15) is 0 Å². The number of carbonyl (C=O) groups excluding carboxylic acids is 1. The van der Waals surface area contributed by atoms with Gasteiger partial charge in [-0.25, -0.2) is 8.78 Å². The molecule has 0 saturated carbocycles. The van der Waals surface area contributed by atoms with E-state index in [0.29, 0.717) is 13.0 Å². The molecule has 0 aromatic rings. The van der Waals surface area contributed by atoms with Crippen LogP contribution in [0.15, 0.2) is 0 Å². The lowest BCUT2D eigenvalue weighted by molar-refractivity contribution is -0.429. The van der Waals surface area contributed by atoms with E-state index in [9.17, 15) is 13.6 Å². The van der Waals surface area contributed by atoms with Crippen LogP contribution in [-0.2, 0) is 33.2 Å². The Balaban J connectivity index is 1.62. The molecule has 0 aromatic carbocycles. The molecule has 3 saturated heterocycles. The van der Waals surface area contributed by atoms with Crippen LogP contribution < -0.4 is 0 Å². The second kappa shape index (κ2) is 7.51. The maximum atomic E-state index is 12.2. The number of hydrogen-bond acceptors (Lipinski definition) is 7. The third kappa shape index (κ3) is 5.14. The summed E-state index contributed by atoms with van der Waals surface area (Å²) in [6.45, 7) is 7.38. The topological polar surface area (TPSA) is 72.5 Å². The summed E-state index contributed by atoms with van der Waals surface area (Å²) in [5.41, 5.74) is 0. The van der Waals surface area contributed by atoms with Crippen LogP contribution in [0.2, 0.25) is 0 Å². The number of unbranched alkanes of at least 4 members (excludes halogenated alkanes) is 1. The van der Waals surface area contributed by atoms with E-state index < -0.39 is 36.0 Å². The second-order valence-corrected chi connectivity index (χ2v) is 8.11. The quantitative estimate of drug-likeness (QED) is 0.485. The summed E-state index contributed by atoms with van der Waals surface area (Å²) >= 11 is 0. The van der Waals surface area contributed by atoms with Gasteiger partial charge >= 0.3 is 11.9 Å². The van der Waals surface area contributed by atoms with E-state index in [1.807, 2.05) is 13.8 Å². The van der Waals surface area contributed by atoms with Crippen molar-refractivity contribution in [2.75, 3.05) is 6.61 Å². The zero-order chi connectivity index (χ0) is 19.9. The van der Waals surface area contributed by atoms with Crippen molar-refractivity contribution < 1.29 is 42.0 Å². The molecule has 7 nitrogen and oxygen atoms in total. The van der Waals surface area contributed by atoms with E-state index in [-0.39, 0.29) is 37.9 Å². The van der Waals surface area contributed by atoms with Gasteiger partial charge in [0, 0.05) is 12.8 Å². The van der Waals surface area contributed by atoms with Gasteiger partial charge in [0.25, 0.3) is 0 Å². The molecule has 1 unspecified atom stereocenters. The van der Waals surface area contributed by atoms with Gasteiger partial charge in [0.15, 0.2) is 11.6 Å². The molecule has 3 heterocycles. The van der Waals surface area contributed by atoms with Crippen LogP contribution in [0.4, 0.5) is 8.78 Å². The summed E-state index contributed by atoms with van der Waals surface area (Å²) in [5.74, 6) is -3.85. The van der Waals surface area contributed by atoms with Gasteiger partial charge in [-0.15, -0.1) is 0 Å². The Hall–Kier alpha value is -0.870. The molecule has 3 aliphatic heterocycles. The Morgan fingerprint density at radius 1 is 1.07 bits per heavy atom. The fourth-order valence-electron chi connectivity index (χ4n) is 3.70. The van der Waals surface area contributed by atoms with Crippen molar-refractivity contribution in [3.8, 4) is 0 Å². The monoisotopic (exact) mass is 394 g/mol. The van der Waals surface area contributed by atoms with Gasteiger partial charge in [0.1, 0.15) is 12.2 Å². The van der Waals surface area contributed by atoms with E-state index in [1.54, 1.807) is 13.8 Å². The number of carbonyl (C=O) groups is 1. The van der Waals surface area contributed by atoms with Crippen LogP contribution in [0.3, 0.4) is 0 Å². The summed E-state index contributed by atoms with van der Waals surface area (Å²) in [5, 5.41) is 0. The van der Waals surface area contributed by atoms with E-state index >= 15 is 0 Å². The normalized spacial score (nSPS) is 36.9. The minimum atomic E-state index is -2.36. The highest BCUT2D eigenvalue weighted by atomic mass is 19.3. The first-order valence-electron chi connectivity index (χ1n) is 9.37. The average Bonchev–Trinajstić information content (AvgIpc) is 2.99. The zero-order valence-electron chi connectivity index (χ0n) is 16.2. The molecule has 0 aromatic heterocycles. The SMILES string of the molecule is CC1(C)OCC([C@H]2O[C@]3(OC(=O)CCCCC(F)F)C[C@H]2OC(C)(C)O3)O1. The zero-order valence-corrected chi connectivity index (χ0v) is 16.2. The molecule has 0 amide bonds. The molecular formula is C18H28F2O7. The van der Waals surface area contributed by atoms with Crippen LogP contribution in [0.5, 0.6) is 0 Å². The average molecular weight is 394 g/mol. The molecule has 0 N–H and O–H groups in total. The van der Waals surface area contributed by atoms with Crippen molar-refractivity contribution in [2.45, 2.75) is 102 Å². The lowest BCUT2D eigenvalue weighted by Crippen LogP contribution is -2.50. The van der Waals surface area contributed by atoms with E-state index in [1.165, 1.54) is 0 Å². The van der Waals surface area contributed by atoms with Gasteiger partial charge in [0.05, 0.1) is 19.1 Å². The van der Waals surface area contributed by atoms with Crippen LogP contribution in [0.1, 0.15) is 59.8 Å². The fraction of sp³-hybridized carbons (Fsp3) is 0.944. The van der Waals surface area contributed by atoms with Crippen molar-refractivity contribution in [3.63, 3.8) is 0 Å².